The van der Waals surface area contributed by atoms with Gasteiger partial charge in [-0.3, -0.25) is 57.7 Å². The number of fused-ring (bicyclic) bond motifs is 5. The number of ether oxygens (including phenoxy) is 4. The molecule has 5 atom stereocenters. The SMILES string of the molecule is CC[C@@]1(O)C(=O)OCc2c1cc1n(c2=O)Cc2c-1nc1cc(F)c(C)c3c1c2[C@@H](N(C)C(=O)[C@H](C)OCNC(=O)CNC(=O)[C@H](Cc1ccccc1)NC(=O)CNC(=O)CNC(=O)[C@H](CN(CC(=O)OC(C)(C)C)C(=O)OC(C)(C)C)N1C(=O)C=CC1=O)CC3. The summed E-state index contributed by atoms with van der Waals surface area (Å²) in [4.78, 5) is 168. The molecule has 8 rings (SSSR count). The molecule has 9 amide bonds. The van der Waals surface area contributed by atoms with Crippen LogP contribution in [0.2, 0.25) is 0 Å². The number of pyridine rings is 2. The Morgan fingerprint density at radius 2 is 1.48 bits per heavy atom. The van der Waals surface area contributed by atoms with Crippen LogP contribution in [0.1, 0.15) is 113 Å². The molecule has 28 heteroatoms. The zero-order valence-corrected chi connectivity index (χ0v) is 51.6. The fourth-order valence-corrected chi connectivity index (χ4v) is 11.1. The van der Waals surface area contributed by atoms with Gasteiger partial charge in [0.05, 0.1) is 61.2 Å². The maximum atomic E-state index is 15.6. The zero-order chi connectivity index (χ0) is 65.9. The molecule has 2 aromatic heterocycles. The maximum absolute atomic E-state index is 15.6. The van der Waals surface area contributed by atoms with E-state index in [4.69, 9.17) is 23.9 Å². The van der Waals surface area contributed by atoms with Crippen molar-refractivity contribution >= 4 is 76.2 Å². The number of nitrogens with zero attached hydrogens (tertiary/aromatic N) is 5. The van der Waals surface area contributed by atoms with Crippen molar-refractivity contribution < 1.29 is 81.2 Å². The Morgan fingerprint density at radius 3 is 2.12 bits per heavy atom. The highest BCUT2D eigenvalue weighted by molar-refractivity contribution is 6.15. The van der Waals surface area contributed by atoms with Crippen molar-refractivity contribution in [1.82, 2.24) is 50.8 Å². The third kappa shape index (κ3) is 14.7. The molecule has 27 nitrogen and oxygen atoms in total. The summed E-state index contributed by atoms with van der Waals surface area (Å²) in [6.07, 6.45) is 0.159. The van der Waals surface area contributed by atoms with Gasteiger partial charge in [0.1, 0.15) is 55.1 Å². The molecule has 480 valence electrons. The van der Waals surface area contributed by atoms with E-state index in [-0.39, 0.29) is 37.1 Å². The molecule has 1 aliphatic carbocycles. The fourth-order valence-electron chi connectivity index (χ4n) is 11.1. The monoisotopic (exact) mass is 1250 g/mol. The van der Waals surface area contributed by atoms with Gasteiger partial charge in [-0.2, -0.15) is 0 Å². The van der Waals surface area contributed by atoms with Crippen LogP contribution in [0.5, 0.6) is 0 Å². The Hall–Kier alpha value is -9.44. The van der Waals surface area contributed by atoms with Crippen molar-refractivity contribution in [2.45, 2.75) is 142 Å². The van der Waals surface area contributed by atoms with E-state index in [0.717, 1.165) is 17.1 Å². The number of carbonyl (C=O) groups is 11. The van der Waals surface area contributed by atoms with Crippen molar-refractivity contribution in [2.24, 2.45) is 0 Å². The van der Waals surface area contributed by atoms with E-state index in [2.05, 4.69) is 26.6 Å². The Bertz CT molecular complexity index is 3690. The van der Waals surface area contributed by atoms with Gasteiger partial charge in [0.15, 0.2) is 5.60 Å². The number of cyclic esters (lactones) is 1. The first-order valence-corrected chi connectivity index (χ1v) is 29.2. The van der Waals surface area contributed by atoms with Crippen molar-refractivity contribution in [3.63, 3.8) is 0 Å². The molecule has 90 heavy (non-hydrogen) atoms. The highest BCUT2D eigenvalue weighted by Gasteiger charge is 2.47. The zero-order valence-electron chi connectivity index (χ0n) is 51.6. The standard InChI is InChI=1S/C62H73FN10O17/c1-11-62(86)38-22-43-53-36(27-72(43)57(83)37(38)30-87-58(62)84)52-42(18-17-35-32(2)39(63)23-40(69-53)51(35)52)70(10)56(82)33(3)88-31-67-46(75)25-65-54(80)41(21-34-15-13-12-14-16-34)68-47(76)26-64-45(74)24-66-55(81)44(73-48(77)19-20-49(73)78)28-71(59(85)90-61(7,8)9)29-50(79)89-60(4,5)6/h12-16,19-20,22-23,33,41-42,44,86H,11,17-18,21,24-31H2,1-10H3,(H,64,74)(H,65,80)(H,66,81)(H,67,75)(H,68,76)/t33-,41-,42-,44-,62-/m0/s1. The second-order valence-electron chi connectivity index (χ2n) is 24.2. The Balaban J connectivity index is 0.862. The summed E-state index contributed by atoms with van der Waals surface area (Å²) in [5, 5.41) is 24.2. The van der Waals surface area contributed by atoms with Crippen LogP contribution in [0, 0.1) is 12.7 Å². The van der Waals surface area contributed by atoms with Crippen LogP contribution in [0.25, 0.3) is 22.3 Å². The van der Waals surface area contributed by atoms with Crippen molar-refractivity contribution in [3.8, 4) is 11.4 Å². The van der Waals surface area contributed by atoms with Crippen LogP contribution in [-0.4, -0.2) is 171 Å². The topological polar surface area (TPSA) is 350 Å². The third-order valence-corrected chi connectivity index (χ3v) is 15.6. The number of rotatable bonds is 22. The first kappa shape index (κ1) is 66.5. The molecule has 4 aliphatic rings. The molecule has 5 heterocycles. The first-order chi connectivity index (χ1) is 42.3. The molecule has 4 aromatic rings. The number of halogens is 1. The number of hydrogen-bond acceptors (Lipinski definition) is 18. The van der Waals surface area contributed by atoms with E-state index >= 15 is 4.39 Å². The van der Waals surface area contributed by atoms with Crippen LogP contribution < -0.4 is 32.1 Å². The highest BCUT2D eigenvalue weighted by atomic mass is 19.1. The predicted octanol–water partition coefficient (Wildman–Crippen LogP) is 1.40. The van der Waals surface area contributed by atoms with Crippen LogP contribution in [0.15, 0.2) is 59.4 Å². The normalized spacial score (nSPS) is 17.4. The number of carbonyl (C=O) groups excluding carboxylic acids is 11. The Labute approximate surface area is 516 Å². The lowest BCUT2D eigenvalue weighted by molar-refractivity contribution is -0.172. The number of nitrogens with one attached hydrogen (secondary N) is 5. The molecule has 0 fully saturated rings. The van der Waals surface area contributed by atoms with E-state index in [1.807, 2.05) is 0 Å². The molecular formula is C62H73FN10O17. The number of aryl methyl sites for hydroxylation is 1. The van der Waals surface area contributed by atoms with E-state index in [9.17, 15) is 62.6 Å². The van der Waals surface area contributed by atoms with Gasteiger partial charge in [0.2, 0.25) is 29.5 Å². The van der Waals surface area contributed by atoms with Gasteiger partial charge < -0.3 is 60.1 Å². The maximum Gasteiger partial charge on any atom is 0.410 e. The smallest absolute Gasteiger partial charge is 0.410 e. The summed E-state index contributed by atoms with van der Waals surface area (Å²) >= 11 is 0. The molecule has 0 radical (unpaired) electrons. The molecule has 0 spiro atoms. The van der Waals surface area contributed by atoms with Gasteiger partial charge in [-0.15, -0.1) is 0 Å². The van der Waals surface area contributed by atoms with Crippen molar-refractivity contribution in [2.75, 3.05) is 46.5 Å². The minimum absolute atomic E-state index is 0.0258. The van der Waals surface area contributed by atoms with Gasteiger partial charge in [-0.25, -0.2) is 19.0 Å². The Morgan fingerprint density at radius 1 is 0.844 bits per heavy atom. The molecule has 6 N–H and O–H groups in total. The summed E-state index contributed by atoms with van der Waals surface area (Å²) < 4.78 is 38.9. The minimum atomic E-state index is -2.08. The number of benzene rings is 2. The number of aliphatic hydroxyl groups is 1. The number of aromatic nitrogens is 2. The number of amides is 9. The van der Waals surface area contributed by atoms with Gasteiger partial charge in [-0.1, -0.05) is 37.3 Å². The molecule has 0 unspecified atom stereocenters. The van der Waals surface area contributed by atoms with E-state index in [0.29, 0.717) is 67.8 Å². The average molecular weight is 1250 g/mol. The van der Waals surface area contributed by atoms with Crippen LogP contribution in [0.3, 0.4) is 0 Å². The lowest BCUT2D eigenvalue weighted by Crippen LogP contribution is -2.57. The predicted molar refractivity (Wildman–Crippen MR) is 316 cm³/mol. The first-order valence-electron chi connectivity index (χ1n) is 29.2. The van der Waals surface area contributed by atoms with Crippen molar-refractivity contribution in [1.29, 1.82) is 0 Å². The van der Waals surface area contributed by atoms with Crippen LogP contribution >= 0.6 is 0 Å². The molecule has 3 aliphatic heterocycles. The molecule has 0 saturated heterocycles. The van der Waals surface area contributed by atoms with Crippen LogP contribution in [-0.2, 0) is 98.5 Å². The number of likely N-dealkylation sites (N-methyl/N-ethyl adjacent to an activating group) is 1. The van der Waals surface area contributed by atoms with Gasteiger partial charge in [-0.05, 0) is 103 Å². The summed E-state index contributed by atoms with van der Waals surface area (Å²) in [6.45, 7) is 9.73. The number of hydrogen-bond donors (Lipinski definition) is 6. The average Bonchev–Trinajstić information content (AvgIpc) is 1.48. The lowest BCUT2D eigenvalue weighted by Gasteiger charge is -2.36. The largest absolute Gasteiger partial charge is 0.459 e. The van der Waals surface area contributed by atoms with Gasteiger partial charge >= 0.3 is 18.0 Å². The lowest BCUT2D eigenvalue weighted by atomic mass is 9.81. The van der Waals surface area contributed by atoms with Crippen LogP contribution in [0.4, 0.5) is 9.18 Å². The second kappa shape index (κ2) is 26.7. The number of imide groups is 1. The quantitative estimate of drug-likeness (QED) is 0.0247. The molecule has 2 aromatic carbocycles. The van der Waals surface area contributed by atoms with E-state index < -0.39 is 157 Å². The summed E-state index contributed by atoms with van der Waals surface area (Å²) in [5.41, 5.74) is -0.454. The Kier molecular flexibility index (Phi) is 19.7. The van der Waals surface area contributed by atoms with Gasteiger partial charge in [0, 0.05) is 48.2 Å². The highest BCUT2D eigenvalue weighted by Crippen LogP contribution is 2.47. The van der Waals surface area contributed by atoms with Crippen molar-refractivity contribution in [3.05, 3.63) is 110 Å². The summed E-state index contributed by atoms with van der Waals surface area (Å²) in [7, 11) is 1.58. The minimum Gasteiger partial charge on any atom is -0.459 e. The molecule has 0 bridgehead atoms. The van der Waals surface area contributed by atoms with E-state index in [1.165, 1.54) is 22.5 Å². The third-order valence-electron chi connectivity index (χ3n) is 15.6. The summed E-state index contributed by atoms with van der Waals surface area (Å²) in [6, 6.07) is 7.68. The number of esters is 2. The van der Waals surface area contributed by atoms with Gasteiger partial charge in [0.25, 0.3) is 23.3 Å². The molecule has 0 saturated carbocycles. The van der Waals surface area contributed by atoms with E-state index in [1.54, 1.807) is 98.8 Å². The molecular weight excluding hydrogens is 1180 g/mol. The fraction of sp³-hybridized carbons (Fsp3) is 0.468. The summed E-state index contributed by atoms with van der Waals surface area (Å²) in [5.74, 6) is -9.03. The second-order valence-corrected chi connectivity index (χ2v) is 24.2.